The fourth-order valence-electron chi connectivity index (χ4n) is 4.37. The molecule has 3 N–H and O–H groups in total. The minimum atomic E-state index is -0.898. The van der Waals surface area contributed by atoms with Crippen molar-refractivity contribution in [3.8, 4) is 16.9 Å². The number of nitrogens with zero attached hydrogens (tertiary/aromatic N) is 1. The van der Waals surface area contributed by atoms with E-state index >= 15 is 0 Å². The van der Waals surface area contributed by atoms with Crippen LogP contribution < -0.4 is 15.8 Å². The van der Waals surface area contributed by atoms with E-state index < -0.39 is 11.4 Å². The predicted octanol–water partition coefficient (Wildman–Crippen LogP) is 5.23. The summed E-state index contributed by atoms with van der Waals surface area (Å²) in [4.78, 5) is 17.9. The van der Waals surface area contributed by atoms with Crippen molar-refractivity contribution in [1.29, 1.82) is 0 Å². The summed E-state index contributed by atoms with van der Waals surface area (Å²) in [7, 11) is 0. The Morgan fingerprint density at radius 2 is 1.76 bits per heavy atom. The molecule has 0 fully saturated rings. The van der Waals surface area contributed by atoms with Crippen LogP contribution in [0.1, 0.15) is 33.6 Å². The Morgan fingerprint density at radius 1 is 1.03 bits per heavy atom. The molecule has 0 spiro atoms. The van der Waals surface area contributed by atoms with E-state index in [2.05, 4.69) is 10.3 Å². The molecule has 1 atom stereocenters. The Bertz CT molecular complexity index is 1350. The smallest absolute Gasteiger partial charge is 0.252 e. The van der Waals surface area contributed by atoms with Gasteiger partial charge in [-0.25, -0.2) is 4.39 Å². The zero-order chi connectivity index (χ0) is 23.7. The van der Waals surface area contributed by atoms with E-state index in [9.17, 15) is 9.18 Å². The Kier molecular flexibility index (Phi) is 5.49. The maximum atomic E-state index is 13.4. The van der Waals surface area contributed by atoms with Crippen LogP contribution in [0.4, 0.5) is 10.1 Å². The van der Waals surface area contributed by atoms with Crippen molar-refractivity contribution in [1.82, 2.24) is 10.3 Å². The molecule has 34 heavy (non-hydrogen) atoms. The van der Waals surface area contributed by atoms with Crippen molar-refractivity contribution in [2.45, 2.75) is 18.9 Å². The van der Waals surface area contributed by atoms with E-state index in [-0.39, 0.29) is 5.91 Å². The van der Waals surface area contributed by atoms with Crippen molar-refractivity contribution in [2.75, 3.05) is 12.3 Å². The number of ether oxygens (including phenoxy) is 1. The number of nitrogens with one attached hydrogen (secondary N) is 1. The van der Waals surface area contributed by atoms with Crippen molar-refractivity contribution in [3.63, 3.8) is 0 Å². The summed E-state index contributed by atoms with van der Waals surface area (Å²) in [6, 6.07) is 23.2. The van der Waals surface area contributed by atoms with E-state index in [0.717, 1.165) is 27.9 Å². The molecule has 1 aliphatic heterocycles. The van der Waals surface area contributed by atoms with Gasteiger partial charge in [-0.1, -0.05) is 36.4 Å². The van der Waals surface area contributed by atoms with E-state index in [1.165, 1.54) is 24.3 Å². The summed E-state index contributed by atoms with van der Waals surface area (Å²) in [5.41, 5.74) is 10.9. The molecule has 0 radical (unpaired) electrons. The van der Waals surface area contributed by atoms with Crippen LogP contribution in [-0.2, 0) is 5.54 Å². The van der Waals surface area contributed by atoms with Gasteiger partial charge >= 0.3 is 0 Å². The van der Waals surface area contributed by atoms with E-state index in [1.807, 2.05) is 61.5 Å². The molecular weight excluding hydrogens is 429 g/mol. The lowest BCUT2D eigenvalue weighted by atomic mass is 9.80. The molecule has 0 saturated carbocycles. The third-order valence-electron chi connectivity index (χ3n) is 6.33. The van der Waals surface area contributed by atoms with Crippen molar-refractivity contribution < 1.29 is 13.9 Å². The summed E-state index contributed by atoms with van der Waals surface area (Å²) in [6.45, 7) is 2.39. The number of rotatable bonds is 4. The molecule has 5 rings (SSSR count). The number of fused-ring (bicyclic) bond motifs is 1. The zero-order valence-electron chi connectivity index (χ0n) is 18.7. The van der Waals surface area contributed by atoms with Gasteiger partial charge in [-0.2, -0.15) is 0 Å². The Balaban J connectivity index is 1.57. The Morgan fingerprint density at radius 3 is 2.50 bits per heavy atom. The molecule has 1 aromatic heterocycles. The summed E-state index contributed by atoms with van der Waals surface area (Å²) in [5.74, 6) is -0.0749. The molecule has 0 bridgehead atoms. The number of nitrogens with two attached hydrogens (primary N) is 1. The second-order valence-corrected chi connectivity index (χ2v) is 8.46. The van der Waals surface area contributed by atoms with Gasteiger partial charge in [0.2, 0.25) is 0 Å². The lowest BCUT2D eigenvalue weighted by Gasteiger charge is -2.39. The summed E-state index contributed by atoms with van der Waals surface area (Å²) in [6.07, 6.45) is 2.19. The van der Waals surface area contributed by atoms with Crippen LogP contribution in [0, 0.1) is 12.7 Å². The monoisotopic (exact) mass is 453 g/mol. The average Bonchev–Trinajstić information content (AvgIpc) is 2.86. The summed E-state index contributed by atoms with van der Waals surface area (Å²) >= 11 is 0. The lowest BCUT2D eigenvalue weighted by molar-refractivity contribution is 0.0883. The van der Waals surface area contributed by atoms with Crippen LogP contribution >= 0.6 is 0 Å². The minimum Gasteiger partial charge on any atom is -0.491 e. The van der Waals surface area contributed by atoms with Gasteiger partial charge in [0.1, 0.15) is 22.8 Å². The minimum absolute atomic E-state index is 0.311. The number of hydrogen-bond donors (Lipinski definition) is 2. The number of benzene rings is 3. The standard InChI is InChI=1S/C28H24FN3O2/c1-18-4-5-21(17-24(18)30)19-6-10-22(11-7-19)28(14-16-34-25-3-2-15-31-26(25)28)32-27(33)20-8-12-23(29)13-9-20/h2-13,15,17H,14,16,30H2,1H3,(H,32,33). The molecule has 1 unspecified atom stereocenters. The number of anilines is 1. The van der Waals surface area contributed by atoms with Gasteiger partial charge in [0.15, 0.2) is 0 Å². The van der Waals surface area contributed by atoms with Crippen LogP contribution in [0.2, 0.25) is 0 Å². The topological polar surface area (TPSA) is 77.2 Å². The van der Waals surface area contributed by atoms with Crippen LogP contribution in [0.25, 0.3) is 11.1 Å². The Hall–Kier alpha value is -4.19. The second kappa shape index (κ2) is 8.63. The summed E-state index contributed by atoms with van der Waals surface area (Å²) in [5, 5.41) is 3.19. The largest absolute Gasteiger partial charge is 0.491 e. The van der Waals surface area contributed by atoms with Crippen LogP contribution in [0.15, 0.2) is 85.1 Å². The van der Waals surface area contributed by atoms with Crippen LogP contribution in [0.5, 0.6) is 5.75 Å². The highest BCUT2D eigenvalue weighted by Crippen LogP contribution is 2.41. The van der Waals surface area contributed by atoms with Crippen molar-refractivity contribution in [3.05, 3.63) is 113 Å². The second-order valence-electron chi connectivity index (χ2n) is 8.46. The predicted molar refractivity (Wildman–Crippen MR) is 130 cm³/mol. The molecule has 170 valence electrons. The fraction of sp³-hybridized carbons (Fsp3) is 0.143. The number of aromatic nitrogens is 1. The highest BCUT2D eigenvalue weighted by molar-refractivity contribution is 5.95. The molecule has 5 nitrogen and oxygen atoms in total. The molecule has 6 heteroatoms. The lowest BCUT2D eigenvalue weighted by Crippen LogP contribution is -2.50. The molecule has 0 saturated heterocycles. The first-order valence-corrected chi connectivity index (χ1v) is 11.1. The summed E-state index contributed by atoms with van der Waals surface area (Å²) < 4.78 is 19.2. The van der Waals surface area contributed by atoms with E-state index in [0.29, 0.717) is 30.0 Å². The van der Waals surface area contributed by atoms with Gasteiger partial charge < -0.3 is 15.8 Å². The van der Waals surface area contributed by atoms with Gasteiger partial charge in [-0.3, -0.25) is 9.78 Å². The number of nitrogen functional groups attached to an aromatic ring is 1. The van der Waals surface area contributed by atoms with Crippen molar-refractivity contribution in [2.24, 2.45) is 0 Å². The molecule has 3 aromatic carbocycles. The molecule has 2 heterocycles. The molecular formula is C28H24FN3O2. The maximum absolute atomic E-state index is 13.4. The number of carbonyl (C=O) groups excluding carboxylic acids is 1. The van der Waals surface area contributed by atoms with E-state index in [4.69, 9.17) is 10.5 Å². The van der Waals surface area contributed by atoms with Gasteiger partial charge in [0, 0.05) is 23.9 Å². The van der Waals surface area contributed by atoms with Gasteiger partial charge in [0.05, 0.1) is 6.61 Å². The first-order valence-electron chi connectivity index (χ1n) is 11.1. The van der Waals surface area contributed by atoms with Crippen LogP contribution in [0.3, 0.4) is 0 Å². The molecule has 4 aromatic rings. The molecule has 1 amide bonds. The average molecular weight is 454 g/mol. The number of pyridine rings is 1. The zero-order valence-corrected chi connectivity index (χ0v) is 18.7. The number of amides is 1. The Labute approximate surface area is 197 Å². The first kappa shape index (κ1) is 21.6. The number of halogens is 1. The highest BCUT2D eigenvalue weighted by Gasteiger charge is 2.42. The number of aryl methyl sites for hydroxylation is 1. The third-order valence-corrected chi connectivity index (χ3v) is 6.33. The van der Waals surface area contributed by atoms with Crippen LogP contribution in [-0.4, -0.2) is 17.5 Å². The normalized spacial score (nSPS) is 16.9. The molecule has 1 aliphatic rings. The maximum Gasteiger partial charge on any atom is 0.252 e. The quantitative estimate of drug-likeness (QED) is 0.415. The van der Waals surface area contributed by atoms with Gasteiger partial charge in [0.25, 0.3) is 5.91 Å². The number of carbonyl (C=O) groups is 1. The SMILES string of the molecule is Cc1ccc(-c2ccc(C3(NC(=O)c4ccc(F)cc4)CCOc4cccnc43)cc2)cc1N. The fourth-order valence-corrected chi connectivity index (χ4v) is 4.37. The third kappa shape index (κ3) is 3.88. The number of hydrogen-bond acceptors (Lipinski definition) is 4. The van der Waals surface area contributed by atoms with Crippen molar-refractivity contribution >= 4 is 11.6 Å². The molecule has 0 aliphatic carbocycles. The van der Waals surface area contributed by atoms with Gasteiger partial charge in [-0.15, -0.1) is 0 Å². The van der Waals surface area contributed by atoms with E-state index in [1.54, 1.807) is 6.20 Å². The first-order chi connectivity index (χ1) is 16.5. The van der Waals surface area contributed by atoms with Gasteiger partial charge in [-0.05, 0) is 71.6 Å². The highest BCUT2D eigenvalue weighted by atomic mass is 19.1.